The van der Waals surface area contributed by atoms with Crippen LogP contribution in [0.4, 0.5) is 17.1 Å². The normalized spacial score (nSPS) is 16.2. The molecule has 7 heteroatoms. The van der Waals surface area contributed by atoms with E-state index in [2.05, 4.69) is 14.8 Å². The Kier molecular flexibility index (Phi) is 4.04. The van der Waals surface area contributed by atoms with Crippen molar-refractivity contribution in [1.29, 1.82) is 0 Å². The molecule has 0 spiro atoms. The maximum Gasteiger partial charge on any atom is 0.229 e. The molecule has 19 heavy (non-hydrogen) atoms. The molecular weight excluding hydrogens is 266 g/mol. The number of piperidine rings is 1. The summed E-state index contributed by atoms with van der Waals surface area (Å²) in [4.78, 5) is 12.9. The molecule has 0 amide bonds. The molecule has 1 aliphatic rings. The smallest absolute Gasteiger partial charge is 0.229 e. The molecule has 1 N–H and O–H groups in total. The van der Waals surface area contributed by atoms with Gasteiger partial charge in [-0.2, -0.15) is 0 Å². The molecule has 2 rings (SSSR count). The lowest BCUT2D eigenvalue weighted by Gasteiger charge is -2.29. The van der Waals surface area contributed by atoms with Gasteiger partial charge in [-0.25, -0.2) is 8.42 Å². The Bertz CT molecular complexity index is 566. The third kappa shape index (κ3) is 3.66. The highest BCUT2D eigenvalue weighted by molar-refractivity contribution is 7.92. The number of anilines is 2. The van der Waals surface area contributed by atoms with E-state index in [0.29, 0.717) is 0 Å². The zero-order chi connectivity index (χ0) is 13.9. The van der Waals surface area contributed by atoms with Crippen molar-refractivity contribution in [2.75, 3.05) is 29.0 Å². The Morgan fingerprint density at radius 2 is 1.89 bits per heavy atom. The lowest BCUT2D eigenvalue weighted by molar-refractivity contribution is 0.578. The third-order valence-corrected chi connectivity index (χ3v) is 3.69. The highest BCUT2D eigenvalue weighted by Crippen LogP contribution is 2.31. The van der Waals surface area contributed by atoms with Gasteiger partial charge in [0.05, 0.1) is 11.9 Å². The minimum Gasteiger partial charge on any atom is -0.371 e. The quantitative estimate of drug-likeness (QED) is 0.861. The van der Waals surface area contributed by atoms with Crippen molar-refractivity contribution in [3.05, 3.63) is 23.1 Å². The van der Waals surface area contributed by atoms with E-state index >= 15 is 0 Å². The Balaban J connectivity index is 2.31. The van der Waals surface area contributed by atoms with E-state index in [-0.39, 0.29) is 11.4 Å². The van der Waals surface area contributed by atoms with E-state index in [1.807, 2.05) is 0 Å². The maximum atomic E-state index is 11.3. The number of hydrogen-bond donors (Lipinski definition) is 1. The summed E-state index contributed by atoms with van der Waals surface area (Å²) in [6, 6.07) is 5.02. The van der Waals surface area contributed by atoms with Gasteiger partial charge in [0.15, 0.2) is 0 Å². The molecule has 1 aromatic carbocycles. The topological polar surface area (TPSA) is 78.8 Å². The van der Waals surface area contributed by atoms with Crippen molar-refractivity contribution in [2.45, 2.75) is 19.3 Å². The molecule has 0 saturated carbocycles. The third-order valence-electron chi connectivity index (χ3n) is 3.10. The summed E-state index contributed by atoms with van der Waals surface area (Å²) in [5, 5.41) is 2.85. The predicted molar refractivity (Wildman–Crippen MR) is 76.4 cm³/mol. The van der Waals surface area contributed by atoms with Crippen molar-refractivity contribution in [1.82, 2.24) is 0 Å². The second-order valence-corrected chi connectivity index (χ2v) is 6.46. The van der Waals surface area contributed by atoms with E-state index in [4.69, 9.17) is 0 Å². The molecule has 6 nitrogen and oxygen atoms in total. The van der Waals surface area contributed by atoms with Crippen molar-refractivity contribution < 1.29 is 8.42 Å². The fraction of sp³-hybridized carbons (Fsp3) is 0.500. The zero-order valence-corrected chi connectivity index (χ0v) is 11.6. The largest absolute Gasteiger partial charge is 0.371 e. The minimum atomic E-state index is -3.42. The number of rotatable bonds is 4. The van der Waals surface area contributed by atoms with Crippen LogP contribution in [0.5, 0.6) is 0 Å². The molecule has 1 aromatic rings. The van der Waals surface area contributed by atoms with E-state index in [1.165, 1.54) is 6.42 Å². The molecule has 0 unspecified atom stereocenters. The average Bonchev–Trinajstić information content (AvgIpc) is 2.38. The van der Waals surface area contributed by atoms with Gasteiger partial charge in [-0.1, -0.05) is 0 Å². The van der Waals surface area contributed by atoms with Crippen molar-refractivity contribution in [3.63, 3.8) is 0 Å². The van der Waals surface area contributed by atoms with Gasteiger partial charge in [-0.3, -0.25) is 4.72 Å². The summed E-state index contributed by atoms with van der Waals surface area (Å²) < 4.78 is 24.9. The first-order valence-corrected chi connectivity index (χ1v) is 8.09. The monoisotopic (exact) mass is 283 g/mol. The van der Waals surface area contributed by atoms with Gasteiger partial charge in [0.25, 0.3) is 0 Å². The summed E-state index contributed by atoms with van der Waals surface area (Å²) in [5.41, 5.74) is 1.25. The number of nitrogens with zero attached hydrogens (tertiary/aromatic N) is 2. The highest BCUT2D eigenvalue weighted by Gasteiger charge is 2.14. The Morgan fingerprint density at radius 3 is 2.47 bits per heavy atom. The van der Waals surface area contributed by atoms with Crippen LogP contribution in [0.3, 0.4) is 0 Å². The van der Waals surface area contributed by atoms with Crippen LogP contribution in [0, 0.1) is 4.91 Å². The van der Waals surface area contributed by atoms with Gasteiger partial charge in [0, 0.05) is 18.8 Å². The van der Waals surface area contributed by atoms with Gasteiger partial charge in [0.2, 0.25) is 10.0 Å². The summed E-state index contributed by atoms with van der Waals surface area (Å²) in [5.74, 6) is 0. The van der Waals surface area contributed by atoms with Crippen molar-refractivity contribution >= 4 is 27.1 Å². The first-order valence-electron chi connectivity index (χ1n) is 6.20. The summed E-state index contributed by atoms with van der Waals surface area (Å²) in [6.07, 6.45) is 4.53. The van der Waals surface area contributed by atoms with Crippen LogP contribution >= 0.6 is 0 Å². The predicted octanol–water partition coefficient (Wildman–Crippen LogP) is 2.45. The van der Waals surface area contributed by atoms with Crippen LogP contribution in [0.1, 0.15) is 19.3 Å². The summed E-state index contributed by atoms with van der Waals surface area (Å²) >= 11 is 0. The van der Waals surface area contributed by atoms with Crippen molar-refractivity contribution in [3.8, 4) is 0 Å². The summed E-state index contributed by atoms with van der Waals surface area (Å²) in [6.45, 7) is 1.90. The standard InChI is InChI=1S/C12H17N3O3S/c1-19(17,18)14-12-9-10(5-6-11(12)13-16)15-7-3-2-4-8-15/h5-6,9,14H,2-4,7-8H2,1H3. The van der Waals surface area contributed by atoms with E-state index in [9.17, 15) is 13.3 Å². The Labute approximate surface area is 112 Å². The van der Waals surface area contributed by atoms with E-state index in [0.717, 1.165) is 37.9 Å². The van der Waals surface area contributed by atoms with Crippen LogP contribution in [-0.2, 0) is 10.0 Å². The fourth-order valence-corrected chi connectivity index (χ4v) is 2.80. The number of benzene rings is 1. The maximum absolute atomic E-state index is 11.3. The Hall–Kier alpha value is -1.63. The fourth-order valence-electron chi connectivity index (χ4n) is 2.23. The molecule has 0 bridgehead atoms. The second-order valence-electron chi connectivity index (χ2n) is 4.71. The first-order chi connectivity index (χ1) is 8.99. The zero-order valence-electron chi connectivity index (χ0n) is 10.8. The van der Waals surface area contributed by atoms with Crippen LogP contribution in [0.2, 0.25) is 0 Å². The molecule has 1 saturated heterocycles. The van der Waals surface area contributed by atoms with E-state index < -0.39 is 10.0 Å². The molecule has 1 aliphatic heterocycles. The molecule has 0 aromatic heterocycles. The first kappa shape index (κ1) is 13.8. The second kappa shape index (κ2) is 5.56. The molecule has 1 fully saturated rings. The van der Waals surface area contributed by atoms with Gasteiger partial charge in [-0.05, 0) is 42.6 Å². The average molecular weight is 283 g/mol. The lowest BCUT2D eigenvalue weighted by atomic mass is 10.1. The molecule has 0 aliphatic carbocycles. The molecule has 0 atom stereocenters. The number of sulfonamides is 1. The van der Waals surface area contributed by atoms with Crippen molar-refractivity contribution in [2.24, 2.45) is 5.18 Å². The van der Waals surface area contributed by atoms with Gasteiger partial charge in [-0.15, -0.1) is 4.91 Å². The molecule has 104 valence electrons. The molecular formula is C12H17N3O3S. The van der Waals surface area contributed by atoms with Crippen LogP contribution in [0.15, 0.2) is 23.4 Å². The number of nitrogens with one attached hydrogen (secondary N) is 1. The van der Waals surface area contributed by atoms with Gasteiger partial charge in [0.1, 0.15) is 5.69 Å². The minimum absolute atomic E-state index is 0.103. The SMILES string of the molecule is CS(=O)(=O)Nc1cc(N2CCCCC2)ccc1N=O. The van der Waals surface area contributed by atoms with Crippen LogP contribution in [-0.4, -0.2) is 27.8 Å². The highest BCUT2D eigenvalue weighted by atomic mass is 32.2. The lowest BCUT2D eigenvalue weighted by Crippen LogP contribution is -2.29. The molecule has 0 radical (unpaired) electrons. The number of hydrogen-bond acceptors (Lipinski definition) is 5. The van der Waals surface area contributed by atoms with Gasteiger partial charge >= 0.3 is 0 Å². The Morgan fingerprint density at radius 1 is 1.21 bits per heavy atom. The van der Waals surface area contributed by atoms with E-state index in [1.54, 1.807) is 18.2 Å². The van der Waals surface area contributed by atoms with Crippen LogP contribution in [0.25, 0.3) is 0 Å². The summed E-state index contributed by atoms with van der Waals surface area (Å²) in [7, 11) is -3.42. The van der Waals surface area contributed by atoms with Crippen LogP contribution < -0.4 is 9.62 Å². The molecule has 1 heterocycles. The number of nitroso groups, excluding NO2 is 1. The van der Waals surface area contributed by atoms with Gasteiger partial charge < -0.3 is 4.90 Å².